The van der Waals surface area contributed by atoms with E-state index in [1.165, 1.54) is 0 Å². The number of rotatable bonds is 6. The first-order valence-electron chi connectivity index (χ1n) is 12.2. The molecule has 192 valence electrons. The number of likely N-dealkylation sites (tertiary alicyclic amines) is 1. The van der Waals surface area contributed by atoms with Crippen LogP contribution >= 0.6 is 23.2 Å². The van der Waals surface area contributed by atoms with Gasteiger partial charge >= 0.3 is 6.03 Å². The highest BCUT2D eigenvalue weighted by Gasteiger charge is 2.54. The number of para-hydroxylation sites is 2. The van der Waals surface area contributed by atoms with Crippen molar-refractivity contribution in [1.29, 1.82) is 0 Å². The van der Waals surface area contributed by atoms with E-state index in [0.717, 1.165) is 12.1 Å². The molecule has 8 nitrogen and oxygen atoms in total. The van der Waals surface area contributed by atoms with Gasteiger partial charge in [-0.15, -0.1) is 0 Å². The predicted molar refractivity (Wildman–Crippen MR) is 142 cm³/mol. The Morgan fingerprint density at radius 3 is 2.28 bits per heavy atom. The fourth-order valence-corrected chi connectivity index (χ4v) is 5.29. The van der Waals surface area contributed by atoms with Crippen LogP contribution in [0, 0.1) is 0 Å². The van der Waals surface area contributed by atoms with Gasteiger partial charge in [-0.2, -0.15) is 0 Å². The second kappa shape index (κ2) is 11.0. The number of nitrogens with zero attached hydrogens (tertiary/aromatic N) is 3. The molecule has 2 aromatic carbocycles. The van der Waals surface area contributed by atoms with Gasteiger partial charge in [-0.3, -0.25) is 9.59 Å². The molecular weight excluding hydrogens is 501 g/mol. The molecule has 36 heavy (non-hydrogen) atoms. The lowest BCUT2D eigenvalue weighted by Crippen LogP contribution is -2.58. The van der Waals surface area contributed by atoms with Crippen LogP contribution < -0.4 is 15.5 Å². The van der Waals surface area contributed by atoms with Crippen molar-refractivity contribution in [2.24, 2.45) is 0 Å². The Bertz CT molecular complexity index is 1100. The molecule has 1 spiro atoms. The van der Waals surface area contributed by atoms with Crippen molar-refractivity contribution in [2.45, 2.75) is 44.7 Å². The topological polar surface area (TPSA) is 85.0 Å². The van der Waals surface area contributed by atoms with E-state index in [1.807, 2.05) is 44.2 Å². The third-order valence-corrected chi connectivity index (χ3v) is 7.64. The lowest BCUT2D eigenvalue weighted by atomic mass is 9.85. The number of anilines is 2. The molecule has 2 aliphatic heterocycles. The largest absolute Gasteiger partial charge is 0.352 e. The Morgan fingerprint density at radius 2 is 1.67 bits per heavy atom. The Kier molecular flexibility index (Phi) is 7.95. The normalized spacial score (nSPS) is 17.9. The maximum atomic E-state index is 13.8. The van der Waals surface area contributed by atoms with Crippen LogP contribution in [0.25, 0.3) is 0 Å². The Hall–Kier alpha value is -2.97. The molecular formula is C26H31Cl2N5O3. The van der Waals surface area contributed by atoms with E-state index in [1.54, 1.807) is 28.0 Å². The molecule has 0 bridgehead atoms. The number of amides is 4. The molecule has 4 amide bonds. The van der Waals surface area contributed by atoms with Crippen LogP contribution in [0.2, 0.25) is 10.0 Å². The van der Waals surface area contributed by atoms with Gasteiger partial charge in [0.2, 0.25) is 5.91 Å². The number of carbonyl (C=O) groups is 3. The van der Waals surface area contributed by atoms with Crippen molar-refractivity contribution in [3.63, 3.8) is 0 Å². The van der Waals surface area contributed by atoms with E-state index in [-0.39, 0.29) is 30.4 Å². The molecule has 2 aliphatic rings. The number of halogens is 2. The third kappa shape index (κ3) is 5.25. The first-order valence-corrected chi connectivity index (χ1v) is 12.9. The molecule has 2 saturated heterocycles. The van der Waals surface area contributed by atoms with Gasteiger partial charge in [-0.25, -0.2) is 4.79 Å². The summed E-state index contributed by atoms with van der Waals surface area (Å²) in [6.07, 6.45) is 1.69. The molecule has 0 radical (unpaired) electrons. The summed E-state index contributed by atoms with van der Waals surface area (Å²) in [7, 11) is 0. The summed E-state index contributed by atoms with van der Waals surface area (Å²) in [5, 5.41) is 6.46. The molecule has 0 aliphatic carbocycles. The summed E-state index contributed by atoms with van der Waals surface area (Å²) in [5.41, 5.74) is 0.459. The molecule has 4 rings (SSSR count). The predicted octanol–water partition coefficient (Wildman–Crippen LogP) is 4.58. The number of piperidine rings is 1. The smallest absolute Gasteiger partial charge is 0.321 e. The molecule has 1 atom stereocenters. The maximum Gasteiger partial charge on any atom is 0.321 e. The van der Waals surface area contributed by atoms with Crippen molar-refractivity contribution < 1.29 is 14.4 Å². The first-order chi connectivity index (χ1) is 17.2. The Morgan fingerprint density at radius 1 is 1.03 bits per heavy atom. The van der Waals surface area contributed by atoms with Crippen LogP contribution in [0.1, 0.15) is 33.1 Å². The zero-order chi connectivity index (χ0) is 25.9. The molecule has 0 aromatic heterocycles. The average molecular weight is 532 g/mol. The van der Waals surface area contributed by atoms with Gasteiger partial charge in [-0.1, -0.05) is 54.4 Å². The fraction of sp³-hybridized carbons (Fsp3) is 0.423. The number of urea groups is 1. The van der Waals surface area contributed by atoms with Gasteiger partial charge in [0.15, 0.2) is 0 Å². The summed E-state index contributed by atoms with van der Waals surface area (Å²) in [6, 6.07) is 14.5. The average Bonchev–Trinajstić information content (AvgIpc) is 3.13. The van der Waals surface area contributed by atoms with Crippen LogP contribution in [0.4, 0.5) is 16.2 Å². The second-order valence-electron chi connectivity index (χ2n) is 9.33. The van der Waals surface area contributed by atoms with Crippen molar-refractivity contribution in [3.05, 3.63) is 58.6 Å². The third-order valence-electron chi connectivity index (χ3n) is 7.01. The number of nitrogens with one attached hydrogen (secondary N) is 2. The Balaban J connectivity index is 1.50. The van der Waals surface area contributed by atoms with E-state index in [4.69, 9.17) is 23.2 Å². The van der Waals surface area contributed by atoms with E-state index < -0.39 is 5.54 Å². The number of carbonyl (C=O) groups excluding carboxylic acids is 3. The van der Waals surface area contributed by atoms with Crippen molar-refractivity contribution in [2.75, 3.05) is 36.5 Å². The van der Waals surface area contributed by atoms with Crippen LogP contribution in [0.3, 0.4) is 0 Å². The minimum atomic E-state index is -0.823. The first kappa shape index (κ1) is 26.1. The van der Waals surface area contributed by atoms with Gasteiger partial charge in [0.05, 0.1) is 22.4 Å². The van der Waals surface area contributed by atoms with E-state index >= 15 is 0 Å². The van der Waals surface area contributed by atoms with E-state index in [9.17, 15) is 14.4 Å². The summed E-state index contributed by atoms with van der Waals surface area (Å²) >= 11 is 12.4. The van der Waals surface area contributed by atoms with Crippen LogP contribution in [-0.2, 0) is 9.59 Å². The summed E-state index contributed by atoms with van der Waals surface area (Å²) < 4.78 is 0. The van der Waals surface area contributed by atoms with Gasteiger partial charge in [0, 0.05) is 24.8 Å². The van der Waals surface area contributed by atoms with Crippen molar-refractivity contribution in [1.82, 2.24) is 15.1 Å². The van der Waals surface area contributed by atoms with Crippen LogP contribution in [0.15, 0.2) is 48.5 Å². The summed E-state index contributed by atoms with van der Waals surface area (Å²) in [4.78, 5) is 44.7. The zero-order valence-corrected chi connectivity index (χ0v) is 22.0. The number of hydrogen-bond donors (Lipinski definition) is 2. The molecule has 2 heterocycles. The summed E-state index contributed by atoms with van der Waals surface area (Å²) in [5.74, 6) is -0.254. The van der Waals surface area contributed by atoms with Gasteiger partial charge in [0.25, 0.3) is 5.91 Å². The standard InChI is InChI=1S/C26H31Cl2N5O3/c1-3-18(2)29-22(34)16-32-17-33(19-8-5-4-6-9-19)26(24(32)35)12-14-31(15-13-26)25(36)30-23-20(27)10-7-11-21(23)28/h4-11,18H,3,12-17H2,1-2H3,(H,29,34)(H,30,36). The van der Waals surface area contributed by atoms with Crippen LogP contribution in [0.5, 0.6) is 0 Å². The SMILES string of the molecule is CCC(C)NC(=O)CN1CN(c2ccccc2)C2(CCN(C(=O)Nc3c(Cl)cccc3Cl)CC2)C1=O. The molecule has 10 heteroatoms. The highest BCUT2D eigenvalue weighted by Crippen LogP contribution is 2.40. The number of hydrogen-bond acceptors (Lipinski definition) is 4. The lowest BCUT2D eigenvalue weighted by molar-refractivity contribution is -0.137. The summed E-state index contributed by atoms with van der Waals surface area (Å²) in [6.45, 7) is 5.01. The zero-order valence-electron chi connectivity index (χ0n) is 20.5. The fourth-order valence-electron chi connectivity index (χ4n) is 4.80. The minimum Gasteiger partial charge on any atom is -0.352 e. The quantitative estimate of drug-likeness (QED) is 0.571. The van der Waals surface area contributed by atoms with Crippen molar-refractivity contribution >= 4 is 52.4 Å². The molecule has 2 fully saturated rings. The second-order valence-corrected chi connectivity index (χ2v) is 10.1. The Labute approximate surface area is 221 Å². The number of benzene rings is 2. The maximum absolute atomic E-state index is 13.8. The van der Waals surface area contributed by atoms with Gasteiger partial charge in [-0.05, 0) is 50.5 Å². The minimum absolute atomic E-state index is 0.00344. The van der Waals surface area contributed by atoms with E-state index in [2.05, 4.69) is 15.5 Å². The van der Waals surface area contributed by atoms with Crippen molar-refractivity contribution in [3.8, 4) is 0 Å². The highest BCUT2D eigenvalue weighted by molar-refractivity contribution is 6.39. The van der Waals surface area contributed by atoms with Gasteiger partial charge in [0.1, 0.15) is 12.1 Å². The molecule has 1 unspecified atom stereocenters. The lowest BCUT2D eigenvalue weighted by Gasteiger charge is -2.43. The monoisotopic (exact) mass is 531 g/mol. The van der Waals surface area contributed by atoms with Crippen LogP contribution in [-0.4, -0.2) is 65.5 Å². The van der Waals surface area contributed by atoms with Gasteiger partial charge < -0.3 is 25.3 Å². The molecule has 2 N–H and O–H groups in total. The molecule has 2 aromatic rings. The van der Waals surface area contributed by atoms with E-state index in [0.29, 0.717) is 48.3 Å². The highest BCUT2D eigenvalue weighted by atomic mass is 35.5. The molecule has 0 saturated carbocycles.